The summed E-state index contributed by atoms with van der Waals surface area (Å²) >= 11 is 0. The van der Waals surface area contributed by atoms with Crippen LogP contribution in [0.1, 0.15) is 44.9 Å². The van der Waals surface area contributed by atoms with Gasteiger partial charge in [0.2, 0.25) is 0 Å². The number of nitrogens with one attached hydrogen (secondary N) is 1. The molecule has 5 nitrogen and oxygen atoms in total. The number of hydrogen-bond donors (Lipinski definition) is 2. The van der Waals surface area contributed by atoms with Gasteiger partial charge in [-0.05, 0) is 24.5 Å². The van der Waals surface area contributed by atoms with E-state index in [2.05, 4.69) is 10.3 Å². The van der Waals surface area contributed by atoms with E-state index in [0.29, 0.717) is 11.7 Å². The molecule has 2 rings (SSSR count). The third-order valence-corrected chi connectivity index (χ3v) is 4.45. The maximum atomic E-state index is 5.97. The van der Waals surface area contributed by atoms with Gasteiger partial charge in [-0.15, -0.1) is 0 Å². The van der Waals surface area contributed by atoms with Crippen LogP contribution in [0.4, 0.5) is 5.69 Å². The van der Waals surface area contributed by atoms with Crippen LogP contribution in [0.3, 0.4) is 0 Å². The van der Waals surface area contributed by atoms with E-state index in [1.165, 1.54) is 38.5 Å². The predicted octanol–water partition coefficient (Wildman–Crippen LogP) is 3.79. The number of nitrogens with zero attached hydrogens (tertiary/aromatic N) is 1. The zero-order valence-corrected chi connectivity index (χ0v) is 14.3. The molecule has 1 fully saturated rings. The average molecular weight is 319 g/mol. The van der Waals surface area contributed by atoms with Crippen molar-refractivity contribution in [1.82, 2.24) is 0 Å². The molecule has 3 N–H and O–H groups in total. The van der Waals surface area contributed by atoms with Crippen LogP contribution in [0.2, 0.25) is 0 Å². The number of benzene rings is 1. The highest BCUT2D eigenvalue weighted by molar-refractivity contribution is 5.93. The summed E-state index contributed by atoms with van der Waals surface area (Å²) in [5.41, 5.74) is 6.73. The number of ether oxygens (including phenoxy) is 2. The van der Waals surface area contributed by atoms with Gasteiger partial charge in [-0.1, -0.05) is 38.5 Å². The monoisotopic (exact) mass is 319 g/mol. The standard InChI is InChI=1S/C18H29N3O2/c1-22-15-10-11-17(23-2)16(13-15)21-18(19)20-12-6-5-9-14-7-3-4-8-14/h10-11,13-14H,3-9,12H2,1-2H3,(H3,19,20,21). The van der Waals surface area contributed by atoms with Crippen LogP contribution in [0.5, 0.6) is 11.5 Å². The summed E-state index contributed by atoms with van der Waals surface area (Å²) in [7, 11) is 3.26. The van der Waals surface area contributed by atoms with Crippen molar-refractivity contribution < 1.29 is 9.47 Å². The van der Waals surface area contributed by atoms with Gasteiger partial charge in [0.05, 0.1) is 19.9 Å². The maximum absolute atomic E-state index is 5.97. The van der Waals surface area contributed by atoms with Gasteiger partial charge in [-0.3, -0.25) is 4.99 Å². The Kier molecular flexibility index (Phi) is 7.04. The predicted molar refractivity (Wildman–Crippen MR) is 95.5 cm³/mol. The molecule has 128 valence electrons. The van der Waals surface area contributed by atoms with E-state index in [4.69, 9.17) is 15.2 Å². The summed E-state index contributed by atoms with van der Waals surface area (Å²) in [5, 5.41) is 3.09. The van der Waals surface area contributed by atoms with Crippen LogP contribution in [0.15, 0.2) is 23.2 Å². The van der Waals surface area contributed by atoms with Crippen molar-refractivity contribution in [3.05, 3.63) is 18.2 Å². The first-order valence-corrected chi connectivity index (χ1v) is 8.52. The van der Waals surface area contributed by atoms with E-state index in [-0.39, 0.29) is 0 Å². The minimum Gasteiger partial charge on any atom is -0.497 e. The number of aliphatic imine (C=N–C) groups is 1. The minimum atomic E-state index is 0.414. The number of guanidine groups is 1. The summed E-state index contributed by atoms with van der Waals surface area (Å²) < 4.78 is 10.5. The van der Waals surface area contributed by atoms with Gasteiger partial charge in [0.15, 0.2) is 5.96 Å². The number of unbranched alkanes of at least 4 members (excludes halogenated alkanes) is 1. The van der Waals surface area contributed by atoms with Crippen LogP contribution in [-0.2, 0) is 0 Å². The fourth-order valence-electron chi connectivity index (χ4n) is 3.13. The van der Waals surface area contributed by atoms with E-state index in [0.717, 1.165) is 30.3 Å². The van der Waals surface area contributed by atoms with Crippen LogP contribution < -0.4 is 20.5 Å². The molecule has 0 aromatic heterocycles. The fourth-order valence-corrected chi connectivity index (χ4v) is 3.13. The van der Waals surface area contributed by atoms with Crippen LogP contribution in [-0.4, -0.2) is 26.7 Å². The van der Waals surface area contributed by atoms with E-state index in [1.54, 1.807) is 14.2 Å². The van der Waals surface area contributed by atoms with Gasteiger partial charge in [-0.2, -0.15) is 0 Å². The third-order valence-electron chi connectivity index (χ3n) is 4.45. The molecule has 0 saturated heterocycles. The molecule has 5 heteroatoms. The first-order valence-electron chi connectivity index (χ1n) is 8.52. The van der Waals surface area contributed by atoms with Gasteiger partial charge in [0.1, 0.15) is 11.5 Å². The normalized spacial score (nSPS) is 15.7. The van der Waals surface area contributed by atoms with E-state index < -0.39 is 0 Å². The topological polar surface area (TPSA) is 68.9 Å². The highest BCUT2D eigenvalue weighted by Crippen LogP contribution is 2.29. The molecule has 0 radical (unpaired) electrons. The summed E-state index contributed by atoms with van der Waals surface area (Å²) in [6.07, 6.45) is 9.35. The van der Waals surface area contributed by atoms with Crippen molar-refractivity contribution in [1.29, 1.82) is 0 Å². The summed E-state index contributed by atoms with van der Waals surface area (Å²) in [6.45, 7) is 0.762. The quantitative estimate of drug-likeness (QED) is 0.434. The molecule has 0 bridgehead atoms. The highest BCUT2D eigenvalue weighted by Gasteiger charge is 2.13. The van der Waals surface area contributed by atoms with Crippen LogP contribution in [0, 0.1) is 5.92 Å². The zero-order chi connectivity index (χ0) is 16.5. The molecule has 1 aliphatic rings. The Morgan fingerprint density at radius 1 is 1.22 bits per heavy atom. The molecule has 0 aliphatic heterocycles. The smallest absolute Gasteiger partial charge is 0.193 e. The number of hydrogen-bond acceptors (Lipinski definition) is 3. The van der Waals surface area contributed by atoms with Gasteiger partial charge < -0.3 is 20.5 Å². The van der Waals surface area contributed by atoms with E-state index in [9.17, 15) is 0 Å². The highest BCUT2D eigenvalue weighted by atomic mass is 16.5. The number of methoxy groups -OCH3 is 2. The minimum absolute atomic E-state index is 0.414. The zero-order valence-electron chi connectivity index (χ0n) is 14.3. The van der Waals surface area contributed by atoms with Crippen molar-refractivity contribution in [2.45, 2.75) is 44.9 Å². The number of anilines is 1. The van der Waals surface area contributed by atoms with E-state index >= 15 is 0 Å². The second kappa shape index (κ2) is 9.28. The number of rotatable bonds is 8. The Morgan fingerprint density at radius 3 is 2.70 bits per heavy atom. The second-order valence-electron chi connectivity index (χ2n) is 6.10. The number of nitrogens with two attached hydrogens (primary N) is 1. The Morgan fingerprint density at radius 2 is 2.00 bits per heavy atom. The Bertz CT molecular complexity index is 511. The van der Waals surface area contributed by atoms with Gasteiger partial charge in [0, 0.05) is 12.6 Å². The lowest BCUT2D eigenvalue weighted by atomic mass is 10.0. The average Bonchev–Trinajstić information content (AvgIpc) is 3.07. The SMILES string of the molecule is COc1ccc(OC)c(NC(N)=NCCCCC2CCCC2)c1. The molecule has 1 aromatic carbocycles. The van der Waals surface area contributed by atoms with Crippen molar-refractivity contribution in [3.63, 3.8) is 0 Å². The molecular formula is C18H29N3O2. The van der Waals surface area contributed by atoms with Gasteiger partial charge >= 0.3 is 0 Å². The first-order chi connectivity index (χ1) is 11.2. The van der Waals surface area contributed by atoms with Crippen molar-refractivity contribution in [2.24, 2.45) is 16.6 Å². The Balaban J connectivity index is 1.77. The Labute approximate surface area is 139 Å². The lowest BCUT2D eigenvalue weighted by molar-refractivity contribution is 0.405. The summed E-state index contributed by atoms with van der Waals surface area (Å²) in [5.74, 6) is 2.83. The maximum Gasteiger partial charge on any atom is 0.193 e. The fraction of sp³-hybridized carbons (Fsp3) is 0.611. The second-order valence-corrected chi connectivity index (χ2v) is 6.10. The molecule has 0 spiro atoms. The van der Waals surface area contributed by atoms with Crippen molar-refractivity contribution >= 4 is 11.6 Å². The third kappa shape index (κ3) is 5.66. The molecule has 0 amide bonds. The lowest BCUT2D eigenvalue weighted by Gasteiger charge is -2.12. The summed E-state index contributed by atoms with van der Waals surface area (Å²) in [6, 6.07) is 5.54. The largest absolute Gasteiger partial charge is 0.497 e. The molecule has 0 atom stereocenters. The van der Waals surface area contributed by atoms with Gasteiger partial charge in [0.25, 0.3) is 0 Å². The van der Waals surface area contributed by atoms with Crippen LogP contribution >= 0.6 is 0 Å². The van der Waals surface area contributed by atoms with Crippen molar-refractivity contribution in [2.75, 3.05) is 26.1 Å². The lowest BCUT2D eigenvalue weighted by Crippen LogP contribution is -2.23. The first kappa shape index (κ1) is 17.4. The van der Waals surface area contributed by atoms with Gasteiger partial charge in [-0.25, -0.2) is 0 Å². The van der Waals surface area contributed by atoms with E-state index in [1.807, 2.05) is 18.2 Å². The molecule has 0 heterocycles. The van der Waals surface area contributed by atoms with Crippen molar-refractivity contribution in [3.8, 4) is 11.5 Å². The molecule has 1 saturated carbocycles. The molecular weight excluding hydrogens is 290 g/mol. The molecule has 1 aliphatic carbocycles. The summed E-state index contributed by atoms with van der Waals surface area (Å²) in [4.78, 5) is 4.40. The Hall–Kier alpha value is -1.91. The molecule has 1 aromatic rings. The molecule has 0 unspecified atom stereocenters. The molecule has 23 heavy (non-hydrogen) atoms. The van der Waals surface area contributed by atoms with Crippen LogP contribution in [0.25, 0.3) is 0 Å².